The van der Waals surface area contributed by atoms with Crippen molar-refractivity contribution in [1.82, 2.24) is 4.90 Å². The first-order chi connectivity index (χ1) is 9.10. The molecule has 1 atom stereocenters. The van der Waals surface area contributed by atoms with E-state index in [-0.39, 0.29) is 0 Å². The highest BCUT2D eigenvalue weighted by Gasteiger charge is 2.32. The predicted molar refractivity (Wildman–Crippen MR) is 80.3 cm³/mol. The van der Waals surface area contributed by atoms with Crippen LogP contribution < -0.4 is 0 Å². The van der Waals surface area contributed by atoms with Crippen molar-refractivity contribution >= 4 is 0 Å². The van der Waals surface area contributed by atoms with Crippen molar-refractivity contribution in [2.45, 2.75) is 52.5 Å². The van der Waals surface area contributed by atoms with Crippen molar-refractivity contribution in [3.05, 3.63) is 29.8 Å². The quantitative estimate of drug-likeness (QED) is 0.870. The Balaban J connectivity index is 2.01. The monoisotopic (exact) mass is 261 g/mol. The Kier molecular flexibility index (Phi) is 4.51. The van der Waals surface area contributed by atoms with Crippen molar-refractivity contribution in [2.75, 3.05) is 13.1 Å². The highest BCUT2D eigenvalue weighted by atomic mass is 16.3. The molecule has 1 N–H and O–H groups in total. The molecule has 2 rings (SSSR count). The zero-order valence-electron chi connectivity index (χ0n) is 12.5. The van der Waals surface area contributed by atoms with Gasteiger partial charge in [-0.05, 0) is 56.0 Å². The minimum Gasteiger partial charge on any atom is -0.508 e. The maximum absolute atomic E-state index is 9.60. The second-order valence-corrected chi connectivity index (χ2v) is 6.01. The topological polar surface area (TPSA) is 23.5 Å². The number of benzene rings is 1. The maximum Gasteiger partial charge on any atom is 0.115 e. The van der Waals surface area contributed by atoms with Gasteiger partial charge in [-0.1, -0.05) is 38.8 Å². The normalized spacial score (nSPS) is 21.2. The number of nitrogens with zero attached hydrogens (tertiary/aromatic N) is 1. The van der Waals surface area contributed by atoms with Crippen LogP contribution in [0.25, 0.3) is 0 Å². The van der Waals surface area contributed by atoms with Crippen LogP contribution in [0.1, 0.15) is 58.1 Å². The van der Waals surface area contributed by atoms with E-state index in [9.17, 15) is 5.11 Å². The molecule has 1 aliphatic heterocycles. The third-order valence-electron chi connectivity index (χ3n) is 5.26. The Bertz CT molecular complexity index is 401. The largest absolute Gasteiger partial charge is 0.508 e. The fourth-order valence-corrected chi connectivity index (χ4v) is 3.34. The fraction of sp³-hybridized carbons (Fsp3) is 0.647. The molecule has 0 aromatic heterocycles. The Morgan fingerprint density at radius 2 is 1.84 bits per heavy atom. The van der Waals surface area contributed by atoms with Crippen LogP contribution in [0.4, 0.5) is 0 Å². The van der Waals surface area contributed by atoms with Crippen LogP contribution in [-0.4, -0.2) is 23.1 Å². The summed E-state index contributed by atoms with van der Waals surface area (Å²) in [6, 6.07) is 8.09. The first-order valence-corrected chi connectivity index (χ1v) is 7.63. The number of rotatable bonds is 4. The molecule has 1 heterocycles. The summed E-state index contributed by atoms with van der Waals surface area (Å²) in [7, 11) is 0. The van der Waals surface area contributed by atoms with Gasteiger partial charge in [-0.3, -0.25) is 4.90 Å². The van der Waals surface area contributed by atoms with Crippen molar-refractivity contribution in [3.63, 3.8) is 0 Å². The van der Waals surface area contributed by atoms with E-state index in [1.54, 1.807) is 6.07 Å². The molecule has 0 bridgehead atoms. The number of hydrogen-bond donors (Lipinski definition) is 1. The standard InChI is InChI=1S/C17H27NO/c1-4-17(5-2)9-11-18(12-10-17)14(3)15-7-6-8-16(19)13-15/h6-8,13-14,19H,4-5,9-12H2,1-3H3. The van der Waals surface area contributed by atoms with E-state index in [1.807, 2.05) is 12.1 Å². The second-order valence-electron chi connectivity index (χ2n) is 6.01. The lowest BCUT2D eigenvalue weighted by Gasteiger charge is -2.43. The molecule has 0 saturated carbocycles. The van der Waals surface area contributed by atoms with Gasteiger partial charge in [0.1, 0.15) is 5.75 Å². The molecule has 1 aliphatic rings. The summed E-state index contributed by atoms with van der Waals surface area (Å²) in [6.45, 7) is 9.27. The Morgan fingerprint density at radius 1 is 1.21 bits per heavy atom. The van der Waals surface area contributed by atoms with Gasteiger partial charge in [-0.25, -0.2) is 0 Å². The summed E-state index contributed by atoms with van der Waals surface area (Å²) in [6.07, 6.45) is 5.22. The average molecular weight is 261 g/mol. The Hall–Kier alpha value is -1.02. The highest BCUT2D eigenvalue weighted by Crippen LogP contribution is 2.40. The van der Waals surface area contributed by atoms with Gasteiger partial charge < -0.3 is 5.11 Å². The van der Waals surface area contributed by atoms with Gasteiger partial charge in [-0.15, -0.1) is 0 Å². The summed E-state index contributed by atoms with van der Waals surface area (Å²) in [5.74, 6) is 0.373. The molecule has 1 unspecified atom stereocenters. The van der Waals surface area contributed by atoms with Gasteiger partial charge in [-0.2, -0.15) is 0 Å². The molecule has 0 radical (unpaired) electrons. The van der Waals surface area contributed by atoms with Crippen LogP contribution in [0.15, 0.2) is 24.3 Å². The predicted octanol–water partition coefficient (Wildman–Crippen LogP) is 4.36. The Labute approximate surface area is 117 Å². The third kappa shape index (κ3) is 3.11. The number of likely N-dealkylation sites (tertiary alicyclic amines) is 1. The van der Waals surface area contributed by atoms with Crippen LogP contribution in [0.5, 0.6) is 5.75 Å². The number of phenolic OH excluding ortho intramolecular Hbond substituents is 1. The summed E-state index contributed by atoms with van der Waals surface area (Å²) < 4.78 is 0. The molecule has 0 amide bonds. The van der Waals surface area contributed by atoms with E-state index in [0.29, 0.717) is 17.2 Å². The van der Waals surface area contributed by atoms with E-state index in [2.05, 4.69) is 31.7 Å². The molecule has 0 aliphatic carbocycles. The number of piperidine rings is 1. The van der Waals surface area contributed by atoms with Gasteiger partial charge in [0, 0.05) is 6.04 Å². The average Bonchev–Trinajstić information content (AvgIpc) is 2.46. The molecule has 106 valence electrons. The minimum absolute atomic E-state index is 0.373. The zero-order chi connectivity index (χ0) is 13.9. The van der Waals surface area contributed by atoms with Gasteiger partial charge in [0.25, 0.3) is 0 Å². The molecular weight excluding hydrogens is 234 g/mol. The molecule has 1 aromatic carbocycles. The van der Waals surface area contributed by atoms with Crippen LogP contribution in [-0.2, 0) is 0 Å². The smallest absolute Gasteiger partial charge is 0.115 e. The molecular formula is C17H27NO. The van der Waals surface area contributed by atoms with Gasteiger partial charge in [0.05, 0.1) is 0 Å². The molecule has 19 heavy (non-hydrogen) atoms. The summed E-state index contributed by atoms with van der Waals surface area (Å²) in [5.41, 5.74) is 1.80. The highest BCUT2D eigenvalue weighted by molar-refractivity contribution is 5.29. The van der Waals surface area contributed by atoms with Crippen molar-refractivity contribution < 1.29 is 5.11 Å². The van der Waals surface area contributed by atoms with Gasteiger partial charge in [0.2, 0.25) is 0 Å². The first kappa shape index (κ1) is 14.4. The minimum atomic E-state index is 0.373. The van der Waals surface area contributed by atoms with Gasteiger partial charge >= 0.3 is 0 Å². The summed E-state index contributed by atoms with van der Waals surface area (Å²) in [5, 5.41) is 9.60. The van der Waals surface area contributed by atoms with E-state index >= 15 is 0 Å². The molecule has 1 saturated heterocycles. The van der Waals surface area contributed by atoms with Crippen LogP contribution >= 0.6 is 0 Å². The van der Waals surface area contributed by atoms with Crippen molar-refractivity contribution in [1.29, 1.82) is 0 Å². The fourth-order valence-electron chi connectivity index (χ4n) is 3.34. The second kappa shape index (κ2) is 5.96. The SMILES string of the molecule is CCC1(CC)CCN(C(C)c2cccc(O)c2)CC1. The molecule has 1 fully saturated rings. The molecule has 2 heteroatoms. The summed E-state index contributed by atoms with van der Waals surface area (Å²) >= 11 is 0. The van der Waals surface area contributed by atoms with Crippen LogP contribution in [0, 0.1) is 5.41 Å². The molecule has 1 aromatic rings. The van der Waals surface area contributed by atoms with Crippen molar-refractivity contribution in [2.24, 2.45) is 5.41 Å². The number of hydrogen-bond acceptors (Lipinski definition) is 2. The Morgan fingerprint density at radius 3 is 2.37 bits per heavy atom. The number of phenols is 1. The lowest BCUT2D eigenvalue weighted by molar-refractivity contribution is 0.0709. The van der Waals surface area contributed by atoms with Gasteiger partial charge in [0.15, 0.2) is 0 Å². The van der Waals surface area contributed by atoms with Crippen LogP contribution in [0.3, 0.4) is 0 Å². The summed E-state index contributed by atoms with van der Waals surface area (Å²) in [4.78, 5) is 2.55. The van der Waals surface area contributed by atoms with Crippen molar-refractivity contribution in [3.8, 4) is 5.75 Å². The van der Waals surface area contributed by atoms with E-state index in [1.165, 1.54) is 44.3 Å². The lowest BCUT2D eigenvalue weighted by atomic mass is 9.74. The number of aromatic hydroxyl groups is 1. The molecule has 0 spiro atoms. The maximum atomic E-state index is 9.60. The lowest BCUT2D eigenvalue weighted by Crippen LogP contribution is -2.40. The first-order valence-electron chi connectivity index (χ1n) is 7.63. The van der Waals surface area contributed by atoms with E-state index in [0.717, 1.165) is 0 Å². The third-order valence-corrected chi connectivity index (χ3v) is 5.26. The van der Waals surface area contributed by atoms with E-state index < -0.39 is 0 Å². The van der Waals surface area contributed by atoms with E-state index in [4.69, 9.17) is 0 Å². The zero-order valence-corrected chi connectivity index (χ0v) is 12.5. The van der Waals surface area contributed by atoms with Crippen LogP contribution in [0.2, 0.25) is 0 Å². The molecule has 2 nitrogen and oxygen atoms in total.